The molecule has 3 aromatic carbocycles. The van der Waals surface area contributed by atoms with Gasteiger partial charge in [0.15, 0.2) is 17.5 Å². The fourth-order valence-corrected chi connectivity index (χ4v) is 4.79. The van der Waals surface area contributed by atoms with Gasteiger partial charge in [-0.05, 0) is 44.5 Å². The summed E-state index contributed by atoms with van der Waals surface area (Å²) < 4.78 is 5.02. The van der Waals surface area contributed by atoms with E-state index in [1.165, 1.54) is 25.1 Å². The van der Waals surface area contributed by atoms with Gasteiger partial charge in [-0.1, -0.05) is 42.0 Å². The van der Waals surface area contributed by atoms with E-state index in [1.807, 2.05) is 13.0 Å². The number of ether oxygens (including phenoxy) is 1. The van der Waals surface area contributed by atoms with Gasteiger partial charge in [0, 0.05) is 22.4 Å². The molecule has 0 aliphatic heterocycles. The highest BCUT2D eigenvalue weighted by Gasteiger charge is 2.39. The predicted molar refractivity (Wildman–Crippen MR) is 145 cm³/mol. The molecule has 40 heavy (non-hydrogen) atoms. The third-order valence-corrected chi connectivity index (χ3v) is 6.70. The third-order valence-electron chi connectivity index (χ3n) is 6.70. The Balaban J connectivity index is 1.59. The second-order valence-corrected chi connectivity index (χ2v) is 9.36. The molecule has 5 rings (SSSR count). The number of rotatable bonds is 6. The van der Waals surface area contributed by atoms with Crippen molar-refractivity contribution >= 4 is 45.9 Å². The lowest BCUT2D eigenvalue weighted by Gasteiger charge is -2.19. The Hall–Kier alpha value is -5.25. The Morgan fingerprint density at radius 3 is 2.30 bits per heavy atom. The maximum absolute atomic E-state index is 13.3. The molecule has 0 spiro atoms. The summed E-state index contributed by atoms with van der Waals surface area (Å²) in [4.78, 5) is 85.5. The van der Waals surface area contributed by atoms with Crippen LogP contribution in [0.4, 0.5) is 5.69 Å². The Morgan fingerprint density at radius 1 is 0.925 bits per heavy atom. The highest BCUT2D eigenvalue weighted by molar-refractivity contribution is 6.45. The number of H-pyrrole nitrogens is 1. The smallest absolute Gasteiger partial charge is 0.323 e. The van der Waals surface area contributed by atoms with E-state index in [4.69, 9.17) is 4.74 Å². The Morgan fingerprint density at radius 2 is 1.62 bits per heavy atom. The van der Waals surface area contributed by atoms with Gasteiger partial charge in [0.1, 0.15) is 5.69 Å². The minimum absolute atomic E-state index is 0.0195. The molecule has 1 amide bonds. The van der Waals surface area contributed by atoms with E-state index in [-0.39, 0.29) is 45.7 Å². The van der Waals surface area contributed by atoms with Crippen LogP contribution in [0.5, 0.6) is 0 Å². The second-order valence-electron chi connectivity index (χ2n) is 9.36. The van der Waals surface area contributed by atoms with Crippen molar-refractivity contribution < 1.29 is 28.7 Å². The number of esters is 1. The number of carbonyl (C=O) groups excluding carboxylic acids is 5. The molecule has 0 radical (unpaired) electrons. The first kappa shape index (κ1) is 26.4. The van der Waals surface area contributed by atoms with E-state index < -0.39 is 40.6 Å². The lowest BCUT2D eigenvalue weighted by molar-refractivity contribution is -0.150. The molecule has 0 saturated carbocycles. The van der Waals surface area contributed by atoms with Gasteiger partial charge in [-0.15, -0.1) is 0 Å². The minimum Gasteiger partial charge on any atom is -0.465 e. The zero-order valence-corrected chi connectivity index (χ0v) is 21.8. The monoisotopic (exact) mass is 537 g/mol. The number of aryl methyl sites for hydroxylation is 2. The predicted octanol–water partition coefficient (Wildman–Crippen LogP) is 3.17. The van der Waals surface area contributed by atoms with Crippen molar-refractivity contribution in [3.05, 3.63) is 104 Å². The number of benzene rings is 3. The van der Waals surface area contributed by atoms with Gasteiger partial charge in [0.05, 0.1) is 23.2 Å². The number of fused-ring (bicyclic) bond motifs is 4. The fourth-order valence-electron chi connectivity index (χ4n) is 4.79. The van der Waals surface area contributed by atoms with Crippen molar-refractivity contribution in [2.75, 3.05) is 11.9 Å². The van der Waals surface area contributed by atoms with Crippen LogP contribution in [0.3, 0.4) is 0 Å². The molecule has 0 unspecified atom stereocenters. The van der Waals surface area contributed by atoms with Crippen molar-refractivity contribution in [2.24, 2.45) is 0 Å². The van der Waals surface area contributed by atoms with Crippen molar-refractivity contribution in [1.29, 1.82) is 0 Å². The van der Waals surface area contributed by atoms with Crippen molar-refractivity contribution in [1.82, 2.24) is 9.97 Å². The van der Waals surface area contributed by atoms with E-state index >= 15 is 0 Å². The van der Waals surface area contributed by atoms with Gasteiger partial charge >= 0.3 is 5.97 Å². The van der Waals surface area contributed by atoms with Gasteiger partial charge in [0.2, 0.25) is 5.78 Å². The molecule has 0 saturated heterocycles. The van der Waals surface area contributed by atoms with Crippen LogP contribution in [0, 0.1) is 13.8 Å². The summed E-state index contributed by atoms with van der Waals surface area (Å²) in [6.45, 7) is 5.02. The van der Waals surface area contributed by atoms with Gasteiger partial charge in [0.25, 0.3) is 11.5 Å². The van der Waals surface area contributed by atoms with E-state index in [0.717, 1.165) is 5.56 Å². The number of carbonyl (C=O) groups is 5. The number of Topliss-reactive ketones (excluding diaryl/α,β-unsaturated/α-hetero) is 1. The van der Waals surface area contributed by atoms with E-state index in [2.05, 4.69) is 15.3 Å². The fraction of sp³-hybridized carbons (Fsp3) is 0.167. The molecular formula is C30H23N3O7. The Labute approximate surface area is 227 Å². The maximum Gasteiger partial charge on any atom is 0.323 e. The number of nitrogens with zero attached hydrogens (tertiary/aromatic N) is 1. The van der Waals surface area contributed by atoms with Gasteiger partial charge < -0.3 is 15.0 Å². The zero-order valence-electron chi connectivity index (χ0n) is 21.8. The molecule has 4 aromatic rings. The number of aromatic amines is 1. The lowest BCUT2D eigenvalue weighted by Crippen LogP contribution is -2.37. The van der Waals surface area contributed by atoms with Gasteiger partial charge in [-0.2, -0.15) is 0 Å². The molecule has 1 atom stereocenters. The molecule has 0 bridgehead atoms. The first-order valence-electron chi connectivity index (χ1n) is 12.5. The molecule has 200 valence electrons. The summed E-state index contributed by atoms with van der Waals surface area (Å²) in [6.07, 6.45) is 0. The SMILES string of the molecule is CCOC(=O)[C@@H](C(=O)C(=O)Nc1ccc(C)cc1C)c1nc2ccc3c(c2[nH]c1=O)C(=O)c1ccccc1C3=O. The van der Waals surface area contributed by atoms with Crippen LogP contribution in [0.2, 0.25) is 0 Å². The largest absolute Gasteiger partial charge is 0.465 e. The molecule has 10 nitrogen and oxygen atoms in total. The highest BCUT2D eigenvalue weighted by Crippen LogP contribution is 2.31. The molecule has 1 heterocycles. The Kier molecular flexibility index (Phi) is 6.68. The molecule has 1 aromatic heterocycles. The van der Waals surface area contributed by atoms with Gasteiger partial charge in [-0.25, -0.2) is 4.98 Å². The summed E-state index contributed by atoms with van der Waals surface area (Å²) >= 11 is 0. The molecule has 0 fully saturated rings. The summed E-state index contributed by atoms with van der Waals surface area (Å²) in [7, 11) is 0. The number of hydrogen-bond acceptors (Lipinski definition) is 8. The number of nitrogens with one attached hydrogen (secondary N) is 2. The van der Waals surface area contributed by atoms with Crippen LogP contribution < -0.4 is 10.9 Å². The quantitative estimate of drug-likeness (QED) is 0.190. The number of hydrogen-bond donors (Lipinski definition) is 2. The maximum atomic E-state index is 13.3. The zero-order chi connectivity index (χ0) is 28.7. The molecule has 10 heteroatoms. The number of ketones is 3. The Bertz CT molecular complexity index is 1840. The third kappa shape index (κ3) is 4.39. The molecular weight excluding hydrogens is 514 g/mol. The molecule has 1 aliphatic carbocycles. The molecule has 2 N–H and O–H groups in total. The van der Waals surface area contributed by atoms with Crippen molar-refractivity contribution in [3.8, 4) is 0 Å². The first-order chi connectivity index (χ1) is 19.1. The van der Waals surface area contributed by atoms with Crippen LogP contribution in [0.1, 0.15) is 61.5 Å². The lowest BCUT2D eigenvalue weighted by atomic mass is 9.83. The topological polar surface area (TPSA) is 152 Å². The van der Waals surface area contributed by atoms with Crippen LogP contribution >= 0.6 is 0 Å². The van der Waals surface area contributed by atoms with Crippen LogP contribution in [0.25, 0.3) is 11.0 Å². The van der Waals surface area contributed by atoms with E-state index in [1.54, 1.807) is 37.3 Å². The summed E-state index contributed by atoms with van der Waals surface area (Å²) in [5.74, 6) is -6.33. The second kappa shape index (κ2) is 10.1. The van der Waals surface area contributed by atoms with Crippen LogP contribution in [-0.2, 0) is 19.1 Å². The number of anilines is 1. The summed E-state index contributed by atoms with van der Waals surface area (Å²) in [5, 5.41) is 2.48. The van der Waals surface area contributed by atoms with Gasteiger partial charge in [-0.3, -0.25) is 28.8 Å². The summed E-state index contributed by atoms with van der Waals surface area (Å²) in [6, 6.07) is 14.3. The standard InChI is InChI=1S/C30H23N3O7/c1-4-40-30(39)22(27(36)29(38)32-19-11-9-14(2)13-15(19)3)24-28(37)33-23-20(31-24)12-10-18-21(23)26(35)17-8-6-5-7-16(17)25(18)34/h5-13,22H,4H2,1-3H3,(H,32,38)(H,33,37)/t22-/m1/s1. The van der Waals surface area contributed by atoms with E-state index in [9.17, 15) is 28.8 Å². The normalized spacial score (nSPS) is 12.9. The average molecular weight is 538 g/mol. The number of amides is 1. The van der Waals surface area contributed by atoms with Crippen LogP contribution in [0.15, 0.2) is 59.4 Å². The van der Waals surface area contributed by atoms with E-state index in [0.29, 0.717) is 11.3 Å². The molecule has 1 aliphatic rings. The summed E-state index contributed by atoms with van der Waals surface area (Å²) in [5.41, 5.74) is 0.962. The first-order valence-corrected chi connectivity index (χ1v) is 12.5. The van der Waals surface area contributed by atoms with Crippen molar-refractivity contribution in [3.63, 3.8) is 0 Å². The highest BCUT2D eigenvalue weighted by atomic mass is 16.5. The average Bonchev–Trinajstić information content (AvgIpc) is 2.93. The number of aromatic nitrogens is 2. The van der Waals surface area contributed by atoms with Crippen LogP contribution in [-0.4, -0.2) is 45.8 Å². The van der Waals surface area contributed by atoms with Crippen molar-refractivity contribution in [2.45, 2.75) is 26.7 Å². The minimum atomic E-state index is -1.96.